The third-order valence-electron chi connectivity index (χ3n) is 3.36. The highest BCUT2D eigenvalue weighted by Crippen LogP contribution is 2.21. The Bertz CT molecular complexity index is 586. The maximum atomic E-state index is 13.6. The first-order valence-electron chi connectivity index (χ1n) is 6.93. The van der Waals surface area contributed by atoms with E-state index >= 15 is 0 Å². The first kappa shape index (κ1) is 15.6. The molecule has 0 heterocycles. The van der Waals surface area contributed by atoms with E-state index in [0.717, 1.165) is 18.6 Å². The molecule has 21 heavy (non-hydrogen) atoms. The smallest absolute Gasteiger partial charge is 0.146 e. The van der Waals surface area contributed by atoms with Crippen LogP contribution in [0.5, 0.6) is 5.75 Å². The zero-order valence-corrected chi connectivity index (χ0v) is 13.0. The van der Waals surface area contributed by atoms with E-state index in [1.165, 1.54) is 11.6 Å². The van der Waals surface area contributed by atoms with Crippen molar-refractivity contribution >= 4 is 17.3 Å². The van der Waals surface area contributed by atoms with Crippen LogP contribution >= 0.6 is 11.6 Å². The molecular weight excluding hydrogens is 289 g/mol. The molecular formula is C17H19ClFNO. The van der Waals surface area contributed by atoms with Crippen molar-refractivity contribution in [2.24, 2.45) is 0 Å². The van der Waals surface area contributed by atoms with Gasteiger partial charge in [-0.05, 0) is 55.7 Å². The van der Waals surface area contributed by atoms with Gasteiger partial charge >= 0.3 is 0 Å². The summed E-state index contributed by atoms with van der Waals surface area (Å²) in [5, 5.41) is 3.69. The van der Waals surface area contributed by atoms with Gasteiger partial charge < -0.3 is 10.1 Å². The maximum absolute atomic E-state index is 13.6. The zero-order valence-electron chi connectivity index (χ0n) is 12.2. The minimum absolute atomic E-state index is 0.153. The largest absolute Gasteiger partial charge is 0.497 e. The summed E-state index contributed by atoms with van der Waals surface area (Å²) < 4.78 is 18.8. The van der Waals surface area contributed by atoms with Gasteiger partial charge in [0.1, 0.15) is 11.6 Å². The van der Waals surface area contributed by atoms with Gasteiger partial charge in [-0.25, -0.2) is 4.39 Å². The van der Waals surface area contributed by atoms with Crippen LogP contribution in [0.4, 0.5) is 10.1 Å². The van der Waals surface area contributed by atoms with Crippen molar-refractivity contribution in [3.63, 3.8) is 0 Å². The minimum Gasteiger partial charge on any atom is -0.497 e. The number of aryl methyl sites for hydroxylation is 1. The van der Waals surface area contributed by atoms with Crippen LogP contribution in [-0.2, 0) is 6.42 Å². The van der Waals surface area contributed by atoms with Crippen LogP contribution in [0.2, 0.25) is 5.02 Å². The Balaban J connectivity index is 1.89. The molecule has 0 aliphatic heterocycles. The van der Waals surface area contributed by atoms with Gasteiger partial charge in [0.15, 0.2) is 0 Å². The van der Waals surface area contributed by atoms with Gasteiger partial charge in [-0.2, -0.15) is 0 Å². The van der Waals surface area contributed by atoms with Gasteiger partial charge in [-0.3, -0.25) is 0 Å². The molecule has 112 valence electrons. The molecule has 0 bridgehead atoms. The molecule has 1 unspecified atom stereocenters. The Morgan fingerprint density at radius 1 is 1.19 bits per heavy atom. The second-order valence-corrected chi connectivity index (χ2v) is 5.49. The Morgan fingerprint density at radius 2 is 1.90 bits per heavy atom. The number of ether oxygens (including phenoxy) is 1. The quantitative estimate of drug-likeness (QED) is 0.817. The van der Waals surface area contributed by atoms with E-state index in [2.05, 4.69) is 5.32 Å². The van der Waals surface area contributed by atoms with E-state index in [4.69, 9.17) is 16.3 Å². The second-order valence-electron chi connectivity index (χ2n) is 5.06. The predicted molar refractivity (Wildman–Crippen MR) is 85.8 cm³/mol. The van der Waals surface area contributed by atoms with Crippen LogP contribution in [-0.4, -0.2) is 13.2 Å². The van der Waals surface area contributed by atoms with E-state index in [1.807, 2.05) is 31.2 Å². The standard InChI is InChI=1S/C17H19ClFNO/c1-12(20-17-11-14(18)7-10-16(17)19)3-4-13-5-8-15(21-2)9-6-13/h5-12,20H,3-4H2,1-2H3. The highest BCUT2D eigenvalue weighted by molar-refractivity contribution is 6.30. The minimum atomic E-state index is -0.282. The molecule has 0 spiro atoms. The van der Waals surface area contributed by atoms with E-state index in [1.54, 1.807) is 19.2 Å². The van der Waals surface area contributed by atoms with Gasteiger partial charge in [0.25, 0.3) is 0 Å². The van der Waals surface area contributed by atoms with Crippen LogP contribution in [0.25, 0.3) is 0 Å². The van der Waals surface area contributed by atoms with Gasteiger partial charge in [0.2, 0.25) is 0 Å². The normalized spacial score (nSPS) is 12.0. The lowest BCUT2D eigenvalue weighted by atomic mass is 10.1. The molecule has 4 heteroatoms. The molecule has 1 atom stereocenters. The van der Waals surface area contributed by atoms with Crippen molar-refractivity contribution in [2.75, 3.05) is 12.4 Å². The zero-order chi connectivity index (χ0) is 15.2. The monoisotopic (exact) mass is 307 g/mol. The summed E-state index contributed by atoms with van der Waals surface area (Å²) in [6.45, 7) is 2.03. The Morgan fingerprint density at radius 3 is 2.57 bits per heavy atom. The molecule has 0 aliphatic carbocycles. The molecule has 2 rings (SSSR count). The SMILES string of the molecule is COc1ccc(CCC(C)Nc2cc(Cl)ccc2F)cc1. The first-order chi connectivity index (χ1) is 10.1. The van der Waals surface area contributed by atoms with E-state index in [-0.39, 0.29) is 11.9 Å². The number of hydrogen-bond donors (Lipinski definition) is 1. The Kier molecular flexibility index (Phi) is 5.45. The number of hydrogen-bond acceptors (Lipinski definition) is 2. The third-order valence-corrected chi connectivity index (χ3v) is 3.59. The molecule has 0 aliphatic rings. The Hall–Kier alpha value is -1.74. The lowest BCUT2D eigenvalue weighted by Crippen LogP contribution is -2.16. The molecule has 0 radical (unpaired) electrons. The summed E-state index contributed by atoms with van der Waals surface area (Å²) in [7, 11) is 1.65. The molecule has 0 saturated heterocycles. The average Bonchev–Trinajstić information content (AvgIpc) is 2.49. The molecule has 0 saturated carbocycles. The molecule has 0 fully saturated rings. The number of halogens is 2. The van der Waals surface area contributed by atoms with E-state index in [0.29, 0.717) is 10.7 Å². The lowest BCUT2D eigenvalue weighted by molar-refractivity contribution is 0.414. The van der Waals surface area contributed by atoms with Crippen LogP contribution < -0.4 is 10.1 Å². The fourth-order valence-electron chi connectivity index (χ4n) is 2.12. The molecule has 0 aromatic heterocycles. The molecule has 2 aromatic rings. The summed E-state index contributed by atoms with van der Waals surface area (Å²) in [5.41, 5.74) is 1.68. The summed E-state index contributed by atoms with van der Waals surface area (Å²) in [4.78, 5) is 0. The van der Waals surface area contributed by atoms with Crippen molar-refractivity contribution in [1.29, 1.82) is 0 Å². The summed E-state index contributed by atoms with van der Waals surface area (Å²) in [5.74, 6) is 0.571. The van der Waals surface area contributed by atoms with Gasteiger partial charge in [-0.15, -0.1) is 0 Å². The van der Waals surface area contributed by atoms with Gasteiger partial charge in [-0.1, -0.05) is 23.7 Å². The van der Waals surface area contributed by atoms with E-state index < -0.39 is 0 Å². The van der Waals surface area contributed by atoms with Crippen molar-refractivity contribution in [1.82, 2.24) is 0 Å². The first-order valence-corrected chi connectivity index (χ1v) is 7.31. The highest BCUT2D eigenvalue weighted by atomic mass is 35.5. The van der Waals surface area contributed by atoms with Crippen LogP contribution in [0, 0.1) is 5.82 Å². The van der Waals surface area contributed by atoms with Crippen LogP contribution in [0.3, 0.4) is 0 Å². The van der Waals surface area contributed by atoms with Crippen LogP contribution in [0.1, 0.15) is 18.9 Å². The third kappa shape index (κ3) is 4.64. The number of nitrogens with one attached hydrogen (secondary N) is 1. The summed E-state index contributed by atoms with van der Waals surface area (Å²) >= 11 is 5.88. The fraction of sp³-hybridized carbons (Fsp3) is 0.294. The molecule has 2 aromatic carbocycles. The topological polar surface area (TPSA) is 21.3 Å². The number of rotatable bonds is 6. The second kappa shape index (κ2) is 7.32. The number of anilines is 1. The lowest BCUT2D eigenvalue weighted by Gasteiger charge is -2.16. The fourth-order valence-corrected chi connectivity index (χ4v) is 2.29. The van der Waals surface area contributed by atoms with Crippen molar-refractivity contribution in [2.45, 2.75) is 25.8 Å². The molecule has 0 amide bonds. The average molecular weight is 308 g/mol. The number of benzene rings is 2. The Labute approximate surface area is 129 Å². The van der Waals surface area contributed by atoms with Crippen molar-refractivity contribution in [3.8, 4) is 5.75 Å². The van der Waals surface area contributed by atoms with Gasteiger partial charge in [0.05, 0.1) is 12.8 Å². The van der Waals surface area contributed by atoms with E-state index in [9.17, 15) is 4.39 Å². The number of methoxy groups -OCH3 is 1. The maximum Gasteiger partial charge on any atom is 0.146 e. The predicted octanol–water partition coefficient (Wildman–Crippen LogP) is 4.92. The highest BCUT2D eigenvalue weighted by Gasteiger charge is 2.07. The summed E-state index contributed by atoms with van der Waals surface area (Å²) in [6, 6.07) is 12.7. The molecule has 2 nitrogen and oxygen atoms in total. The van der Waals surface area contributed by atoms with Crippen molar-refractivity contribution < 1.29 is 9.13 Å². The molecule has 1 N–H and O–H groups in total. The summed E-state index contributed by atoms with van der Waals surface area (Å²) in [6.07, 6.45) is 1.82. The van der Waals surface area contributed by atoms with Gasteiger partial charge in [0, 0.05) is 11.1 Å². The van der Waals surface area contributed by atoms with Crippen LogP contribution in [0.15, 0.2) is 42.5 Å². The van der Waals surface area contributed by atoms with Crippen molar-refractivity contribution in [3.05, 3.63) is 58.9 Å².